The van der Waals surface area contributed by atoms with Gasteiger partial charge in [0.1, 0.15) is 6.61 Å². The van der Waals surface area contributed by atoms with Crippen molar-refractivity contribution in [3.8, 4) is 0 Å². The normalized spacial score (nSPS) is 13.1. The fourth-order valence-electron chi connectivity index (χ4n) is 1.08. The minimum Gasteiger partial charge on any atom is -0.438 e. The van der Waals surface area contributed by atoms with E-state index in [4.69, 9.17) is 9.16 Å². The monoisotopic (exact) mass is 300 g/mol. The molecule has 0 spiro atoms. The Hall–Kier alpha value is -1.07. The van der Waals surface area contributed by atoms with E-state index >= 15 is 0 Å². The molecule has 0 saturated carbocycles. The summed E-state index contributed by atoms with van der Waals surface area (Å²) in [5.74, 6) is 0. The van der Waals surface area contributed by atoms with Gasteiger partial charge in [0.15, 0.2) is 8.32 Å². The van der Waals surface area contributed by atoms with Crippen LogP contribution >= 0.6 is 0 Å². The van der Waals surface area contributed by atoms with E-state index in [-0.39, 0.29) is 11.6 Å². The number of hydrogen-bond acceptors (Lipinski definition) is 4. The summed E-state index contributed by atoms with van der Waals surface area (Å²) in [6.45, 7) is 12.2. The minimum absolute atomic E-state index is 0.220. The van der Waals surface area contributed by atoms with Crippen LogP contribution in [0.3, 0.4) is 0 Å². The summed E-state index contributed by atoms with van der Waals surface area (Å²) in [5, 5.41) is 0.252. The molecule has 20 heavy (non-hydrogen) atoms. The zero-order chi connectivity index (χ0) is 15.6. The van der Waals surface area contributed by atoms with E-state index in [1.807, 2.05) is 18.2 Å². The molecule has 0 aliphatic rings. The van der Waals surface area contributed by atoms with Gasteiger partial charge in [0.2, 0.25) is 0 Å². The molecule has 0 aromatic carbocycles. The Morgan fingerprint density at radius 1 is 1.15 bits per heavy atom. The Balaban J connectivity index is 3.78. The molecule has 0 radical (unpaired) electrons. The van der Waals surface area contributed by atoms with Crippen molar-refractivity contribution in [2.75, 3.05) is 20.3 Å². The topological polar surface area (TPSA) is 44.8 Å². The third-order valence-corrected chi connectivity index (χ3v) is 7.94. The molecule has 0 amide bonds. The molecule has 0 N–H and O–H groups in total. The Labute approximate surface area is 123 Å². The fourth-order valence-corrected chi connectivity index (χ4v) is 2.14. The number of allylic oxidation sites excluding steroid dienone is 2. The molecular formula is C15H28O4Si. The molecule has 0 aromatic heterocycles. The highest BCUT2D eigenvalue weighted by atomic mass is 28.4. The van der Waals surface area contributed by atoms with Crippen LogP contribution in [0.1, 0.15) is 27.2 Å². The van der Waals surface area contributed by atoms with Gasteiger partial charge in [-0.15, -0.1) is 0 Å². The highest BCUT2D eigenvalue weighted by Gasteiger charge is 2.36. The van der Waals surface area contributed by atoms with Gasteiger partial charge < -0.3 is 13.9 Å². The Kier molecular flexibility index (Phi) is 8.49. The second-order valence-electron chi connectivity index (χ2n) is 6.02. The van der Waals surface area contributed by atoms with Crippen molar-refractivity contribution in [1.29, 1.82) is 0 Å². The largest absolute Gasteiger partial charge is 0.508 e. The van der Waals surface area contributed by atoms with Gasteiger partial charge >= 0.3 is 6.16 Å². The van der Waals surface area contributed by atoms with Crippen molar-refractivity contribution in [1.82, 2.24) is 0 Å². The van der Waals surface area contributed by atoms with Crippen molar-refractivity contribution in [2.24, 2.45) is 0 Å². The van der Waals surface area contributed by atoms with E-state index in [0.29, 0.717) is 0 Å². The third-order valence-electron chi connectivity index (χ3n) is 3.40. The average molecular weight is 300 g/mol. The van der Waals surface area contributed by atoms with Crippen molar-refractivity contribution < 1.29 is 18.7 Å². The molecule has 0 saturated heterocycles. The molecular weight excluding hydrogens is 272 g/mol. The molecule has 0 unspecified atom stereocenters. The molecule has 5 heteroatoms. The Bertz CT molecular complexity index is 340. The quantitative estimate of drug-likeness (QED) is 0.304. The molecule has 0 aliphatic carbocycles. The summed E-state index contributed by atoms with van der Waals surface area (Å²) in [7, 11) is -0.340. The predicted molar refractivity (Wildman–Crippen MR) is 84.4 cm³/mol. The van der Waals surface area contributed by atoms with Crippen LogP contribution in [0.5, 0.6) is 0 Å². The van der Waals surface area contributed by atoms with E-state index in [0.717, 1.165) is 13.0 Å². The lowest BCUT2D eigenvalue weighted by Crippen LogP contribution is -2.40. The maximum atomic E-state index is 10.7. The van der Waals surface area contributed by atoms with Crippen molar-refractivity contribution in [3.63, 3.8) is 0 Å². The molecule has 0 fully saturated rings. The van der Waals surface area contributed by atoms with Crippen LogP contribution < -0.4 is 0 Å². The lowest BCUT2D eigenvalue weighted by molar-refractivity contribution is 0.0818. The minimum atomic E-state index is -1.63. The van der Waals surface area contributed by atoms with E-state index in [1.165, 1.54) is 7.11 Å². The first-order chi connectivity index (χ1) is 9.20. The van der Waals surface area contributed by atoms with Gasteiger partial charge in [-0.05, 0) is 30.6 Å². The standard InChI is InChI=1S/C15H28O4Si/c1-15(2,3)20(5,6)19-13-11-9-7-8-10-12-18-14(16)17-4/h7-10H,11-13H2,1-6H3/b9-7+,10-8+. The first kappa shape index (κ1) is 18.9. The zero-order valence-electron chi connectivity index (χ0n) is 13.6. The number of ether oxygens (including phenoxy) is 2. The Morgan fingerprint density at radius 3 is 2.30 bits per heavy atom. The van der Waals surface area contributed by atoms with Crippen molar-refractivity contribution in [3.05, 3.63) is 24.3 Å². The Morgan fingerprint density at radius 2 is 1.75 bits per heavy atom. The highest BCUT2D eigenvalue weighted by Crippen LogP contribution is 2.36. The van der Waals surface area contributed by atoms with Crippen LogP contribution in [0.4, 0.5) is 4.79 Å². The van der Waals surface area contributed by atoms with E-state index in [1.54, 1.807) is 6.08 Å². The number of carbonyl (C=O) groups is 1. The van der Waals surface area contributed by atoms with Crippen LogP contribution in [0, 0.1) is 0 Å². The summed E-state index contributed by atoms with van der Waals surface area (Å²) in [6.07, 6.45) is 7.78. The van der Waals surface area contributed by atoms with Crippen molar-refractivity contribution in [2.45, 2.75) is 45.3 Å². The van der Waals surface area contributed by atoms with Gasteiger partial charge in [0.25, 0.3) is 0 Å². The van der Waals surface area contributed by atoms with Crippen LogP contribution in [0.2, 0.25) is 18.1 Å². The molecule has 0 aliphatic heterocycles. The maximum absolute atomic E-state index is 10.7. The summed E-state index contributed by atoms with van der Waals surface area (Å²) >= 11 is 0. The molecule has 0 atom stereocenters. The van der Waals surface area contributed by atoms with E-state index < -0.39 is 14.5 Å². The van der Waals surface area contributed by atoms with Gasteiger partial charge in [-0.2, -0.15) is 0 Å². The van der Waals surface area contributed by atoms with Crippen molar-refractivity contribution >= 4 is 14.5 Å². The van der Waals surface area contributed by atoms with Gasteiger partial charge in [-0.25, -0.2) is 4.79 Å². The summed E-state index contributed by atoms with van der Waals surface area (Å²) in [4.78, 5) is 10.7. The number of carbonyl (C=O) groups excluding carboxylic acids is 1. The lowest BCUT2D eigenvalue weighted by atomic mass is 10.2. The number of methoxy groups -OCH3 is 1. The molecule has 0 aromatic rings. The summed E-state index contributed by atoms with van der Waals surface area (Å²) < 4.78 is 15.1. The summed E-state index contributed by atoms with van der Waals surface area (Å²) in [6, 6.07) is 0. The molecule has 0 rings (SSSR count). The molecule has 0 bridgehead atoms. The van der Waals surface area contributed by atoms with Crippen LogP contribution in [0.25, 0.3) is 0 Å². The van der Waals surface area contributed by atoms with E-state index in [2.05, 4.69) is 38.6 Å². The summed E-state index contributed by atoms with van der Waals surface area (Å²) in [5.41, 5.74) is 0. The maximum Gasteiger partial charge on any atom is 0.508 e. The van der Waals surface area contributed by atoms with Gasteiger partial charge in [-0.1, -0.05) is 39.0 Å². The van der Waals surface area contributed by atoms with Crippen LogP contribution in [-0.4, -0.2) is 34.8 Å². The molecule has 116 valence electrons. The molecule has 4 nitrogen and oxygen atoms in total. The van der Waals surface area contributed by atoms with Gasteiger partial charge in [0.05, 0.1) is 7.11 Å². The van der Waals surface area contributed by atoms with Gasteiger partial charge in [0, 0.05) is 6.61 Å². The predicted octanol–water partition coefficient (Wildman–Crippen LogP) is 4.29. The first-order valence-electron chi connectivity index (χ1n) is 6.87. The number of rotatable bonds is 7. The fraction of sp³-hybridized carbons (Fsp3) is 0.667. The lowest BCUT2D eigenvalue weighted by Gasteiger charge is -2.36. The molecule has 0 heterocycles. The SMILES string of the molecule is COC(=O)OC/C=C/C=C/CCO[Si](C)(C)C(C)(C)C. The zero-order valence-corrected chi connectivity index (χ0v) is 14.6. The van der Waals surface area contributed by atoms with Crippen LogP contribution in [0.15, 0.2) is 24.3 Å². The van der Waals surface area contributed by atoms with Gasteiger partial charge in [-0.3, -0.25) is 0 Å². The first-order valence-corrected chi connectivity index (χ1v) is 9.78. The van der Waals surface area contributed by atoms with Crippen LogP contribution in [-0.2, 0) is 13.9 Å². The highest BCUT2D eigenvalue weighted by molar-refractivity contribution is 6.74. The van der Waals surface area contributed by atoms with E-state index in [9.17, 15) is 4.79 Å². The smallest absolute Gasteiger partial charge is 0.438 e. The second-order valence-corrected chi connectivity index (χ2v) is 10.8. The number of hydrogen-bond donors (Lipinski definition) is 0. The second kappa shape index (κ2) is 8.97. The average Bonchev–Trinajstić information content (AvgIpc) is 2.34. The third kappa shape index (κ3) is 8.17.